The standard InChI is InChI=1S/C16H13N.C9H20/c1-2-9-14(10-3-1)17-16-12-6-8-13-7-4-5-11-15(13)16;1-8(2,3)7-9(4,5)6/h1-12,17H;7H2,1-6H3. The molecule has 0 spiro atoms. The maximum Gasteiger partial charge on any atom is 0.0463 e. The van der Waals surface area contributed by atoms with Crippen molar-refractivity contribution in [3.63, 3.8) is 0 Å². The predicted octanol–water partition coefficient (Wildman–Crippen LogP) is 8.05. The molecule has 0 atom stereocenters. The van der Waals surface area contributed by atoms with E-state index < -0.39 is 0 Å². The molecule has 0 bridgehead atoms. The summed E-state index contributed by atoms with van der Waals surface area (Å²) in [5, 5.41) is 5.95. The van der Waals surface area contributed by atoms with Crippen LogP contribution in [0.4, 0.5) is 11.4 Å². The molecule has 138 valence electrons. The number of fused-ring (bicyclic) bond motifs is 1. The molecule has 1 heteroatoms. The molecular formula is C25H33N. The van der Waals surface area contributed by atoms with E-state index in [0.29, 0.717) is 10.8 Å². The molecule has 3 aromatic carbocycles. The zero-order valence-corrected chi connectivity index (χ0v) is 17.1. The molecule has 0 aromatic heterocycles. The molecule has 0 fully saturated rings. The molecular weight excluding hydrogens is 314 g/mol. The third kappa shape index (κ3) is 6.92. The van der Waals surface area contributed by atoms with Gasteiger partial charge in [-0.25, -0.2) is 0 Å². The van der Waals surface area contributed by atoms with Crippen LogP contribution >= 0.6 is 0 Å². The summed E-state index contributed by atoms with van der Waals surface area (Å²) in [5.41, 5.74) is 3.23. The van der Waals surface area contributed by atoms with Crippen molar-refractivity contribution >= 4 is 22.1 Å². The van der Waals surface area contributed by atoms with Gasteiger partial charge < -0.3 is 5.32 Å². The summed E-state index contributed by atoms with van der Waals surface area (Å²) in [5.74, 6) is 0. The number of benzene rings is 3. The first-order valence-electron chi connectivity index (χ1n) is 9.44. The van der Waals surface area contributed by atoms with E-state index in [9.17, 15) is 0 Å². The minimum Gasteiger partial charge on any atom is -0.355 e. The number of rotatable bonds is 2. The molecule has 3 aromatic rings. The van der Waals surface area contributed by atoms with Crippen LogP contribution in [-0.4, -0.2) is 0 Å². The van der Waals surface area contributed by atoms with Gasteiger partial charge in [-0.3, -0.25) is 0 Å². The summed E-state index contributed by atoms with van der Waals surface area (Å²) in [6.45, 7) is 13.7. The summed E-state index contributed by atoms with van der Waals surface area (Å²) < 4.78 is 0. The molecule has 0 amide bonds. The number of hydrogen-bond acceptors (Lipinski definition) is 1. The van der Waals surface area contributed by atoms with Crippen LogP contribution in [0, 0.1) is 10.8 Å². The predicted molar refractivity (Wildman–Crippen MR) is 117 cm³/mol. The first-order valence-corrected chi connectivity index (χ1v) is 9.44. The van der Waals surface area contributed by atoms with E-state index in [2.05, 4.69) is 101 Å². The van der Waals surface area contributed by atoms with Crippen molar-refractivity contribution in [3.8, 4) is 0 Å². The Morgan fingerprint density at radius 3 is 1.73 bits per heavy atom. The van der Waals surface area contributed by atoms with Crippen molar-refractivity contribution in [2.75, 3.05) is 5.32 Å². The van der Waals surface area contributed by atoms with Crippen LogP contribution in [0.2, 0.25) is 0 Å². The van der Waals surface area contributed by atoms with Crippen LogP contribution in [0.5, 0.6) is 0 Å². The topological polar surface area (TPSA) is 12.0 Å². The molecule has 0 saturated carbocycles. The zero-order chi connectivity index (χ0) is 19.2. The highest BCUT2D eigenvalue weighted by Gasteiger charge is 2.20. The smallest absolute Gasteiger partial charge is 0.0463 e. The second-order valence-corrected chi connectivity index (χ2v) is 9.32. The van der Waals surface area contributed by atoms with E-state index in [-0.39, 0.29) is 0 Å². The molecule has 0 aliphatic heterocycles. The maximum absolute atomic E-state index is 3.45. The average molecular weight is 348 g/mol. The van der Waals surface area contributed by atoms with Gasteiger partial charge in [0.25, 0.3) is 0 Å². The van der Waals surface area contributed by atoms with E-state index in [1.165, 1.54) is 17.2 Å². The lowest BCUT2D eigenvalue weighted by molar-refractivity contribution is 0.233. The van der Waals surface area contributed by atoms with Crippen molar-refractivity contribution in [2.24, 2.45) is 10.8 Å². The van der Waals surface area contributed by atoms with Gasteiger partial charge in [0.1, 0.15) is 0 Å². The number of hydrogen-bond donors (Lipinski definition) is 1. The molecule has 0 radical (unpaired) electrons. The number of nitrogens with one attached hydrogen (secondary N) is 1. The summed E-state index contributed by atoms with van der Waals surface area (Å²) >= 11 is 0. The monoisotopic (exact) mass is 347 g/mol. The number of anilines is 2. The highest BCUT2D eigenvalue weighted by atomic mass is 14.9. The third-order valence-electron chi connectivity index (χ3n) is 3.90. The fourth-order valence-corrected chi connectivity index (χ4v) is 3.60. The van der Waals surface area contributed by atoms with E-state index in [0.717, 1.165) is 11.4 Å². The van der Waals surface area contributed by atoms with Crippen LogP contribution in [0.15, 0.2) is 72.8 Å². The lowest BCUT2D eigenvalue weighted by Gasteiger charge is -2.28. The normalized spacial score (nSPS) is 11.6. The Balaban J connectivity index is 0.000000232. The van der Waals surface area contributed by atoms with E-state index in [1.807, 2.05) is 18.2 Å². The van der Waals surface area contributed by atoms with E-state index >= 15 is 0 Å². The van der Waals surface area contributed by atoms with Gasteiger partial charge in [0.15, 0.2) is 0 Å². The van der Waals surface area contributed by atoms with Crippen LogP contribution < -0.4 is 5.32 Å². The first kappa shape index (κ1) is 20.0. The molecule has 0 saturated heterocycles. The van der Waals surface area contributed by atoms with Gasteiger partial charge in [0.05, 0.1) is 0 Å². The Labute approximate surface area is 159 Å². The second-order valence-electron chi connectivity index (χ2n) is 9.32. The highest BCUT2D eigenvalue weighted by molar-refractivity contribution is 5.95. The minimum absolute atomic E-state index is 0.484. The molecule has 26 heavy (non-hydrogen) atoms. The van der Waals surface area contributed by atoms with Gasteiger partial charge in [-0.05, 0) is 40.8 Å². The van der Waals surface area contributed by atoms with Gasteiger partial charge in [0, 0.05) is 16.8 Å². The third-order valence-corrected chi connectivity index (χ3v) is 3.90. The molecule has 0 unspecified atom stereocenters. The second kappa shape index (κ2) is 8.40. The van der Waals surface area contributed by atoms with Crippen molar-refractivity contribution in [3.05, 3.63) is 72.8 Å². The van der Waals surface area contributed by atoms with Crippen molar-refractivity contribution in [1.29, 1.82) is 0 Å². The first-order chi connectivity index (χ1) is 12.1. The van der Waals surface area contributed by atoms with Crippen LogP contribution in [-0.2, 0) is 0 Å². The molecule has 0 aliphatic carbocycles. The zero-order valence-electron chi connectivity index (χ0n) is 17.1. The van der Waals surface area contributed by atoms with Crippen LogP contribution in [0.1, 0.15) is 48.0 Å². The van der Waals surface area contributed by atoms with Crippen molar-refractivity contribution in [1.82, 2.24) is 0 Å². The summed E-state index contributed by atoms with van der Waals surface area (Å²) in [4.78, 5) is 0. The van der Waals surface area contributed by atoms with Gasteiger partial charge in [-0.15, -0.1) is 0 Å². The lowest BCUT2D eigenvalue weighted by Crippen LogP contribution is -2.16. The fraction of sp³-hybridized carbons (Fsp3) is 0.360. The Morgan fingerprint density at radius 1 is 0.615 bits per heavy atom. The SMILES string of the molecule is CC(C)(C)CC(C)(C)C.c1ccc(Nc2cccc3ccccc23)cc1. The average Bonchev–Trinajstić information content (AvgIpc) is 2.53. The maximum atomic E-state index is 3.45. The highest BCUT2D eigenvalue weighted by Crippen LogP contribution is 2.32. The Morgan fingerprint density at radius 2 is 1.15 bits per heavy atom. The van der Waals surface area contributed by atoms with E-state index in [1.54, 1.807) is 0 Å². The summed E-state index contributed by atoms with van der Waals surface area (Å²) in [6.07, 6.45) is 1.29. The van der Waals surface area contributed by atoms with Gasteiger partial charge in [-0.1, -0.05) is 96.1 Å². The molecule has 3 rings (SSSR count). The Bertz CT molecular complexity index is 787. The molecule has 0 aliphatic rings. The van der Waals surface area contributed by atoms with Gasteiger partial charge in [0.2, 0.25) is 0 Å². The van der Waals surface area contributed by atoms with Crippen LogP contribution in [0.25, 0.3) is 10.8 Å². The Hall–Kier alpha value is -2.28. The van der Waals surface area contributed by atoms with Crippen LogP contribution in [0.3, 0.4) is 0 Å². The van der Waals surface area contributed by atoms with Gasteiger partial charge in [-0.2, -0.15) is 0 Å². The fourth-order valence-electron chi connectivity index (χ4n) is 3.60. The molecule has 1 N–H and O–H groups in total. The Kier molecular flexibility index (Phi) is 6.47. The van der Waals surface area contributed by atoms with Crippen molar-refractivity contribution in [2.45, 2.75) is 48.0 Å². The lowest BCUT2D eigenvalue weighted by atomic mass is 9.78. The van der Waals surface area contributed by atoms with Gasteiger partial charge >= 0.3 is 0 Å². The molecule has 1 nitrogen and oxygen atoms in total. The summed E-state index contributed by atoms with van der Waals surface area (Å²) in [7, 11) is 0. The quantitative estimate of drug-likeness (QED) is 0.494. The molecule has 0 heterocycles. The number of para-hydroxylation sites is 1. The minimum atomic E-state index is 0.484. The largest absolute Gasteiger partial charge is 0.355 e. The van der Waals surface area contributed by atoms with Crippen molar-refractivity contribution < 1.29 is 0 Å². The summed E-state index contributed by atoms with van der Waals surface area (Å²) in [6, 6.07) is 25.0. The van der Waals surface area contributed by atoms with E-state index in [4.69, 9.17) is 0 Å².